The third kappa shape index (κ3) is 8.11. The smallest absolute Gasteiger partial charge is 0.405 e. The molecule has 1 aromatic rings. The van der Waals surface area contributed by atoms with Gasteiger partial charge in [-0.2, -0.15) is 0 Å². The molecule has 0 aromatic heterocycles. The van der Waals surface area contributed by atoms with Crippen molar-refractivity contribution in [3.05, 3.63) is 11.6 Å². The summed E-state index contributed by atoms with van der Waals surface area (Å²) in [7, 11) is 0. The number of ether oxygens (including phenoxy) is 4. The largest absolute Gasteiger partial charge is 0.573 e. The predicted molar refractivity (Wildman–Crippen MR) is 70.4 cm³/mol. The fraction of sp³-hybridized carbons (Fsp3) is 0.538. The fourth-order valence-electron chi connectivity index (χ4n) is 2.00. The minimum Gasteiger partial charge on any atom is -0.405 e. The molecule has 17 heteroatoms. The van der Waals surface area contributed by atoms with Gasteiger partial charge in [0.1, 0.15) is 5.75 Å². The average molecular weight is 471 g/mol. The maximum absolute atomic E-state index is 12.7. The molecule has 0 saturated carbocycles. The molecule has 1 unspecified atom stereocenters. The lowest BCUT2D eigenvalue weighted by molar-refractivity contribution is -0.294. The van der Waals surface area contributed by atoms with E-state index in [0.29, 0.717) is 0 Å². The van der Waals surface area contributed by atoms with Gasteiger partial charge >= 0.3 is 25.4 Å². The zero-order valence-corrected chi connectivity index (χ0v) is 14.1. The second-order valence-electron chi connectivity index (χ2n) is 5.15. The topological polar surface area (TPSA) is 62.9 Å². The molecule has 0 heterocycles. The van der Waals surface area contributed by atoms with Gasteiger partial charge in [0, 0.05) is 12.1 Å². The van der Waals surface area contributed by atoms with Crippen LogP contribution in [0, 0.1) is 0 Å². The Morgan fingerprint density at radius 3 is 1.40 bits per heavy atom. The summed E-state index contributed by atoms with van der Waals surface area (Å²) in [5, 5.41) is 0. The van der Waals surface area contributed by atoms with Crippen LogP contribution in [0.5, 0.6) is 23.0 Å². The molecule has 0 bridgehead atoms. The van der Waals surface area contributed by atoms with E-state index < -0.39 is 72.5 Å². The summed E-state index contributed by atoms with van der Waals surface area (Å²) in [6, 6.07) is -2.33. The van der Waals surface area contributed by atoms with Crippen molar-refractivity contribution in [2.45, 2.75) is 44.8 Å². The summed E-state index contributed by atoms with van der Waals surface area (Å²) in [4.78, 5) is 0. The molecule has 2 N–H and O–H groups in total. The van der Waals surface area contributed by atoms with Crippen molar-refractivity contribution in [3.63, 3.8) is 0 Å². The molecular weight excluding hydrogens is 462 g/mol. The summed E-state index contributed by atoms with van der Waals surface area (Å²) in [5.41, 5.74) is 3.85. The molecule has 0 spiro atoms. The third-order valence-corrected chi connectivity index (χ3v) is 2.90. The van der Waals surface area contributed by atoms with Crippen LogP contribution in [0.3, 0.4) is 0 Å². The first kappa shape index (κ1) is 25.6. The highest BCUT2D eigenvalue weighted by Gasteiger charge is 2.45. The zero-order chi connectivity index (χ0) is 23.7. The van der Waals surface area contributed by atoms with Crippen LogP contribution in [0.15, 0.2) is 6.07 Å². The van der Waals surface area contributed by atoms with Crippen molar-refractivity contribution in [2.75, 3.05) is 0 Å². The van der Waals surface area contributed by atoms with Gasteiger partial charge < -0.3 is 24.7 Å². The highest BCUT2D eigenvalue weighted by Crippen LogP contribution is 2.52. The fourth-order valence-corrected chi connectivity index (χ4v) is 2.00. The zero-order valence-electron chi connectivity index (χ0n) is 14.1. The van der Waals surface area contributed by atoms with E-state index in [1.54, 1.807) is 0 Å². The van der Waals surface area contributed by atoms with Crippen molar-refractivity contribution in [2.24, 2.45) is 5.73 Å². The Morgan fingerprint density at radius 1 is 0.667 bits per heavy atom. The Balaban J connectivity index is 4.00. The van der Waals surface area contributed by atoms with Crippen LogP contribution < -0.4 is 24.7 Å². The Hall–Kier alpha value is -2.46. The molecule has 0 saturated heterocycles. The highest BCUT2D eigenvalue weighted by molar-refractivity contribution is 5.63. The Kier molecular flexibility index (Phi) is 7.12. The minimum absolute atomic E-state index is 0.407. The van der Waals surface area contributed by atoms with E-state index in [9.17, 15) is 52.7 Å². The first-order chi connectivity index (χ1) is 13.2. The number of halogens is 12. The highest BCUT2D eigenvalue weighted by atomic mass is 19.4. The van der Waals surface area contributed by atoms with E-state index in [1.165, 1.54) is 0 Å². The van der Waals surface area contributed by atoms with Gasteiger partial charge in [0.15, 0.2) is 11.5 Å². The van der Waals surface area contributed by atoms with Crippen LogP contribution in [0.25, 0.3) is 0 Å². The summed E-state index contributed by atoms with van der Waals surface area (Å²) in [6.07, 6.45) is -23.9. The van der Waals surface area contributed by atoms with E-state index in [4.69, 9.17) is 5.73 Å². The standard InChI is InChI=1S/C13H9F12NO4/c1-2-4(26)7-5(27-10(14,15)16)3-6(28-11(17,18)19)8(29-12(20,21)22)9(7)30-13(23,24)25/h3-4H,2,26H2,1H3. The van der Waals surface area contributed by atoms with Gasteiger partial charge in [-0.25, -0.2) is 0 Å². The van der Waals surface area contributed by atoms with E-state index in [1.807, 2.05) is 0 Å². The maximum Gasteiger partial charge on any atom is 0.573 e. The van der Waals surface area contributed by atoms with Gasteiger partial charge in [0.05, 0.1) is 5.56 Å². The van der Waals surface area contributed by atoms with Crippen LogP contribution in [0.4, 0.5) is 52.7 Å². The summed E-state index contributed by atoms with van der Waals surface area (Å²) in [5.74, 6) is -8.71. The van der Waals surface area contributed by atoms with Crippen LogP contribution in [-0.2, 0) is 0 Å². The van der Waals surface area contributed by atoms with Crippen LogP contribution in [0.1, 0.15) is 24.9 Å². The van der Waals surface area contributed by atoms with Gasteiger partial charge in [0.25, 0.3) is 0 Å². The third-order valence-electron chi connectivity index (χ3n) is 2.90. The van der Waals surface area contributed by atoms with E-state index in [-0.39, 0.29) is 0 Å². The number of benzene rings is 1. The van der Waals surface area contributed by atoms with Gasteiger partial charge in [0.2, 0.25) is 5.75 Å². The molecule has 30 heavy (non-hydrogen) atoms. The van der Waals surface area contributed by atoms with Crippen molar-refractivity contribution < 1.29 is 71.6 Å². The molecule has 5 nitrogen and oxygen atoms in total. The van der Waals surface area contributed by atoms with E-state index in [0.717, 1.165) is 6.92 Å². The van der Waals surface area contributed by atoms with Gasteiger partial charge in [-0.3, -0.25) is 0 Å². The first-order valence-electron chi connectivity index (χ1n) is 7.22. The Labute approximate surface area is 158 Å². The number of alkyl halides is 12. The van der Waals surface area contributed by atoms with Gasteiger partial charge in [-0.05, 0) is 6.42 Å². The van der Waals surface area contributed by atoms with Crippen molar-refractivity contribution >= 4 is 0 Å². The SMILES string of the molecule is CCC(N)c1c(OC(F)(F)F)cc(OC(F)(F)F)c(OC(F)(F)F)c1OC(F)(F)F. The van der Waals surface area contributed by atoms with Crippen LogP contribution in [0.2, 0.25) is 0 Å². The van der Waals surface area contributed by atoms with Crippen LogP contribution in [-0.4, -0.2) is 25.4 Å². The normalized spacial score (nSPS) is 14.3. The Morgan fingerprint density at radius 2 is 1.03 bits per heavy atom. The number of hydrogen-bond acceptors (Lipinski definition) is 5. The Bertz CT molecular complexity index is 738. The monoisotopic (exact) mass is 471 g/mol. The molecule has 0 aliphatic rings. The van der Waals surface area contributed by atoms with Crippen molar-refractivity contribution in [1.29, 1.82) is 0 Å². The second kappa shape index (κ2) is 8.35. The molecule has 174 valence electrons. The minimum atomic E-state index is -5.91. The molecule has 0 aliphatic heterocycles. The molecule has 0 amide bonds. The van der Waals surface area contributed by atoms with Gasteiger partial charge in [-0.1, -0.05) is 6.92 Å². The van der Waals surface area contributed by atoms with E-state index >= 15 is 0 Å². The second-order valence-corrected chi connectivity index (χ2v) is 5.15. The molecular formula is C13H9F12NO4. The molecule has 1 aromatic carbocycles. The molecule has 1 atom stereocenters. The predicted octanol–water partition coefficient (Wildman–Crippen LogP) is 5.69. The van der Waals surface area contributed by atoms with Crippen LogP contribution >= 0.6 is 0 Å². The number of nitrogens with two attached hydrogens (primary N) is 1. The molecule has 0 aliphatic carbocycles. The number of hydrogen-bond donors (Lipinski definition) is 1. The lowest BCUT2D eigenvalue weighted by atomic mass is 10.0. The molecule has 0 radical (unpaired) electrons. The summed E-state index contributed by atoms with van der Waals surface area (Å²) in [6.45, 7) is 1.09. The van der Waals surface area contributed by atoms with E-state index in [2.05, 4.69) is 18.9 Å². The lowest BCUT2D eigenvalue weighted by Gasteiger charge is -2.26. The average Bonchev–Trinajstić information content (AvgIpc) is 2.44. The van der Waals surface area contributed by atoms with Crippen molar-refractivity contribution in [1.82, 2.24) is 0 Å². The van der Waals surface area contributed by atoms with Crippen molar-refractivity contribution in [3.8, 4) is 23.0 Å². The van der Waals surface area contributed by atoms with Gasteiger partial charge in [-0.15, -0.1) is 52.7 Å². The lowest BCUT2D eigenvalue weighted by Crippen LogP contribution is -2.27. The quantitative estimate of drug-likeness (QED) is 0.541. The summed E-state index contributed by atoms with van der Waals surface area (Å²) < 4.78 is 164. The first-order valence-corrected chi connectivity index (χ1v) is 7.22. The maximum atomic E-state index is 12.7. The molecule has 1 rings (SSSR count). The summed E-state index contributed by atoms with van der Waals surface area (Å²) >= 11 is 0. The molecule has 0 fully saturated rings. The number of rotatable bonds is 6.